The van der Waals surface area contributed by atoms with Crippen LogP contribution >= 0.6 is 12.2 Å². The third-order valence-electron chi connectivity index (χ3n) is 1.75. The fourth-order valence-corrected chi connectivity index (χ4v) is 1.36. The maximum atomic E-state index is 11.4. The van der Waals surface area contributed by atoms with E-state index in [1.165, 1.54) is 10.6 Å². The smallest absolute Gasteiger partial charge is 0.255 e. The zero-order chi connectivity index (χ0) is 9.42. The summed E-state index contributed by atoms with van der Waals surface area (Å²) in [6.07, 6.45) is 0. The molecule has 0 bridgehead atoms. The first-order valence-corrected chi connectivity index (χ1v) is 4.21. The van der Waals surface area contributed by atoms with E-state index in [2.05, 4.69) is 15.8 Å². The third-order valence-corrected chi connectivity index (χ3v) is 1.98. The number of fused-ring (bicyclic) bond motifs is 1. The van der Waals surface area contributed by atoms with E-state index in [1.54, 1.807) is 6.92 Å². The molecular formula is C7H8N4OS. The topological polar surface area (TPSA) is 59.0 Å². The minimum Gasteiger partial charge on any atom is -0.290 e. The molecule has 1 aliphatic rings. The molecule has 13 heavy (non-hydrogen) atoms. The Morgan fingerprint density at radius 1 is 1.62 bits per heavy atom. The predicted molar refractivity (Wildman–Crippen MR) is 52.6 cm³/mol. The van der Waals surface area contributed by atoms with E-state index in [-0.39, 0.29) is 5.56 Å². The van der Waals surface area contributed by atoms with Gasteiger partial charge in [0.1, 0.15) is 4.99 Å². The summed E-state index contributed by atoms with van der Waals surface area (Å²) in [5.74, 6) is 0.513. The van der Waals surface area contributed by atoms with Gasteiger partial charge in [0.25, 0.3) is 5.56 Å². The van der Waals surface area contributed by atoms with Crippen LogP contribution in [0.25, 0.3) is 0 Å². The van der Waals surface area contributed by atoms with Crippen LogP contribution in [-0.2, 0) is 6.54 Å². The summed E-state index contributed by atoms with van der Waals surface area (Å²) in [7, 11) is 0. The minimum absolute atomic E-state index is 0.0844. The molecule has 68 valence electrons. The zero-order valence-electron chi connectivity index (χ0n) is 7.00. The molecule has 0 saturated carbocycles. The van der Waals surface area contributed by atoms with Crippen LogP contribution in [0.15, 0.2) is 10.9 Å². The second-order valence-electron chi connectivity index (χ2n) is 2.82. The van der Waals surface area contributed by atoms with Gasteiger partial charge < -0.3 is 0 Å². The van der Waals surface area contributed by atoms with Crippen LogP contribution in [-0.4, -0.2) is 14.5 Å². The summed E-state index contributed by atoms with van der Waals surface area (Å²) in [6.45, 7) is 2.17. The number of anilines is 1. The number of nitrogens with one attached hydrogen (secondary N) is 2. The Bertz CT molecular complexity index is 425. The largest absolute Gasteiger partial charge is 0.290 e. The van der Waals surface area contributed by atoms with E-state index in [0.717, 1.165) is 0 Å². The molecule has 0 spiro atoms. The molecule has 1 aromatic heterocycles. The average Bonchev–Trinajstić information content (AvgIpc) is 2.06. The fourth-order valence-electron chi connectivity index (χ4n) is 1.18. The van der Waals surface area contributed by atoms with Crippen molar-refractivity contribution in [1.29, 1.82) is 0 Å². The molecule has 0 aromatic carbocycles. The number of hydrogen-bond donors (Lipinski definition) is 2. The van der Waals surface area contributed by atoms with E-state index in [4.69, 9.17) is 12.2 Å². The predicted octanol–water partition coefficient (Wildman–Crippen LogP) is -0.191. The second-order valence-corrected chi connectivity index (χ2v) is 3.31. The molecule has 0 radical (unpaired) electrons. The quantitative estimate of drug-likeness (QED) is 0.563. The molecule has 0 fully saturated rings. The summed E-state index contributed by atoms with van der Waals surface area (Å²) in [5.41, 5.74) is 6.12. The highest BCUT2D eigenvalue weighted by molar-refractivity contribution is 7.80. The number of hydrogen-bond acceptors (Lipinski definition) is 4. The van der Waals surface area contributed by atoms with Crippen molar-refractivity contribution in [1.82, 2.24) is 15.0 Å². The number of hydrazine groups is 1. The van der Waals surface area contributed by atoms with Crippen molar-refractivity contribution in [3.63, 3.8) is 0 Å². The van der Waals surface area contributed by atoms with Crippen molar-refractivity contribution in [2.45, 2.75) is 13.5 Å². The fraction of sp³-hybridized carbons (Fsp3) is 0.286. The molecule has 0 aliphatic carbocycles. The maximum Gasteiger partial charge on any atom is 0.255 e. The first-order valence-electron chi connectivity index (χ1n) is 3.80. The lowest BCUT2D eigenvalue weighted by Crippen LogP contribution is -2.42. The van der Waals surface area contributed by atoms with Gasteiger partial charge in [0.05, 0.1) is 6.54 Å². The van der Waals surface area contributed by atoms with Crippen LogP contribution in [0.4, 0.5) is 5.95 Å². The van der Waals surface area contributed by atoms with Gasteiger partial charge in [0.2, 0.25) is 5.95 Å². The van der Waals surface area contributed by atoms with Gasteiger partial charge in [0.15, 0.2) is 0 Å². The van der Waals surface area contributed by atoms with Crippen LogP contribution < -0.4 is 16.4 Å². The first-order chi connectivity index (χ1) is 6.16. The van der Waals surface area contributed by atoms with Crippen LogP contribution in [0.1, 0.15) is 5.69 Å². The third kappa shape index (κ3) is 1.40. The second kappa shape index (κ2) is 2.81. The highest BCUT2D eigenvalue weighted by atomic mass is 32.1. The first kappa shape index (κ1) is 8.18. The summed E-state index contributed by atoms with van der Waals surface area (Å²) in [6, 6.07) is 1.49. The van der Waals surface area contributed by atoms with Crippen LogP contribution in [0.2, 0.25) is 0 Å². The molecule has 2 N–H and O–H groups in total. The number of nitrogens with zero attached hydrogens (tertiary/aromatic N) is 2. The molecule has 0 amide bonds. The molecule has 1 aliphatic heterocycles. The van der Waals surface area contributed by atoms with Crippen molar-refractivity contribution in [3.8, 4) is 0 Å². The minimum atomic E-state index is -0.0844. The number of aromatic nitrogens is 2. The van der Waals surface area contributed by atoms with Gasteiger partial charge in [-0.25, -0.2) is 4.98 Å². The van der Waals surface area contributed by atoms with Crippen molar-refractivity contribution in [2.24, 2.45) is 0 Å². The van der Waals surface area contributed by atoms with Crippen molar-refractivity contribution >= 4 is 23.2 Å². The van der Waals surface area contributed by atoms with Gasteiger partial charge in [0, 0.05) is 11.8 Å². The lowest BCUT2D eigenvalue weighted by Gasteiger charge is -2.20. The highest BCUT2D eigenvalue weighted by Crippen LogP contribution is 2.04. The molecule has 0 atom stereocenters. The Morgan fingerprint density at radius 3 is 3.15 bits per heavy atom. The van der Waals surface area contributed by atoms with E-state index in [0.29, 0.717) is 23.2 Å². The molecule has 6 heteroatoms. The van der Waals surface area contributed by atoms with E-state index >= 15 is 0 Å². The molecule has 1 aromatic rings. The summed E-state index contributed by atoms with van der Waals surface area (Å²) < 4.78 is 1.49. The van der Waals surface area contributed by atoms with Crippen molar-refractivity contribution < 1.29 is 0 Å². The number of aryl methyl sites for hydroxylation is 1. The van der Waals surface area contributed by atoms with Crippen LogP contribution in [0, 0.1) is 6.92 Å². The Morgan fingerprint density at radius 2 is 2.38 bits per heavy atom. The van der Waals surface area contributed by atoms with Gasteiger partial charge in [-0.15, -0.1) is 0 Å². The number of thiocarbonyl (C=S) groups is 1. The molecular weight excluding hydrogens is 188 g/mol. The Hall–Kier alpha value is -1.43. The standard InChI is InChI=1S/C7H8N4OS/c1-4-2-6(12)11-3-5(13)9-10-7(11)8-4/h2H,3H2,1H3,(H,8,10)(H,9,13). The molecule has 2 rings (SSSR count). The summed E-state index contributed by atoms with van der Waals surface area (Å²) in [4.78, 5) is 16.1. The average molecular weight is 196 g/mol. The molecule has 0 saturated heterocycles. The van der Waals surface area contributed by atoms with Gasteiger partial charge >= 0.3 is 0 Å². The summed E-state index contributed by atoms with van der Waals surface area (Å²) >= 11 is 4.91. The molecule has 2 heterocycles. The van der Waals surface area contributed by atoms with E-state index < -0.39 is 0 Å². The monoisotopic (exact) mass is 196 g/mol. The Balaban J connectivity index is 2.59. The zero-order valence-corrected chi connectivity index (χ0v) is 7.81. The van der Waals surface area contributed by atoms with Crippen LogP contribution in [0.5, 0.6) is 0 Å². The molecule has 0 unspecified atom stereocenters. The summed E-state index contributed by atoms with van der Waals surface area (Å²) in [5, 5.41) is 0. The van der Waals surface area contributed by atoms with Gasteiger partial charge in [-0.1, -0.05) is 12.2 Å². The SMILES string of the molecule is Cc1cc(=O)n2c(n1)NNC(=S)C2. The Kier molecular flexibility index (Phi) is 1.77. The van der Waals surface area contributed by atoms with Crippen molar-refractivity contribution in [3.05, 3.63) is 22.1 Å². The Labute approximate surface area is 79.8 Å². The van der Waals surface area contributed by atoms with Gasteiger partial charge in [-0.2, -0.15) is 0 Å². The lowest BCUT2D eigenvalue weighted by molar-refractivity contribution is 0.728. The van der Waals surface area contributed by atoms with E-state index in [9.17, 15) is 4.79 Å². The normalized spacial score (nSPS) is 14.4. The highest BCUT2D eigenvalue weighted by Gasteiger charge is 2.13. The van der Waals surface area contributed by atoms with Crippen molar-refractivity contribution in [2.75, 3.05) is 5.43 Å². The molecule has 5 nitrogen and oxygen atoms in total. The van der Waals surface area contributed by atoms with Crippen LogP contribution in [0.3, 0.4) is 0 Å². The lowest BCUT2D eigenvalue weighted by atomic mass is 10.4. The van der Waals surface area contributed by atoms with Gasteiger partial charge in [-0.3, -0.25) is 20.2 Å². The van der Waals surface area contributed by atoms with Gasteiger partial charge in [-0.05, 0) is 6.92 Å². The maximum absolute atomic E-state index is 11.4. The number of rotatable bonds is 0. The van der Waals surface area contributed by atoms with E-state index in [1.807, 2.05) is 0 Å².